The summed E-state index contributed by atoms with van der Waals surface area (Å²) < 4.78 is 25.7. The fourth-order valence-electron chi connectivity index (χ4n) is 3.29. The van der Waals surface area contributed by atoms with Crippen LogP contribution in [0.1, 0.15) is 18.3 Å². The maximum Gasteiger partial charge on any atom is 0.258 e. The summed E-state index contributed by atoms with van der Waals surface area (Å²) in [4.78, 5) is 2.01. The lowest BCUT2D eigenvalue weighted by Crippen LogP contribution is -2.21. The molecule has 0 aliphatic rings. The molecule has 0 radical (unpaired) electrons. The Balaban J connectivity index is 2.09. The van der Waals surface area contributed by atoms with Crippen LogP contribution in [0.15, 0.2) is 78.9 Å². The van der Waals surface area contributed by atoms with Gasteiger partial charge >= 0.3 is 0 Å². The number of methoxy groups -OCH3 is 1. The first-order valence-electron chi connectivity index (χ1n) is 9.95. The van der Waals surface area contributed by atoms with Crippen LogP contribution in [0.3, 0.4) is 0 Å². The van der Waals surface area contributed by atoms with Crippen LogP contribution in [-0.2, 0) is 9.09 Å². The smallest absolute Gasteiger partial charge is 0.258 e. The minimum Gasteiger partial charge on any atom is -0.497 e. The highest BCUT2D eigenvalue weighted by Gasteiger charge is 2.37. The largest absolute Gasteiger partial charge is 0.497 e. The molecule has 6 heteroatoms. The predicted octanol–water partition coefficient (Wildman–Crippen LogP) is 5.51. The molecule has 158 valence electrons. The molecule has 1 N–H and O–H groups in total. The van der Waals surface area contributed by atoms with Crippen molar-refractivity contribution < 1.29 is 13.8 Å². The maximum absolute atomic E-state index is 14.4. The second-order valence-electron chi connectivity index (χ2n) is 7.11. The Kier molecular flexibility index (Phi) is 7.20. The normalized spacial score (nSPS) is 13.9. The third kappa shape index (κ3) is 4.86. The van der Waals surface area contributed by atoms with Gasteiger partial charge in [0.15, 0.2) is 0 Å². The number of rotatable bonds is 9. The Morgan fingerprint density at radius 3 is 2.10 bits per heavy atom. The zero-order chi connectivity index (χ0) is 21.6. The third-order valence-corrected chi connectivity index (χ3v) is 7.66. The molecule has 0 bridgehead atoms. The minimum absolute atomic E-state index is 0.343. The zero-order valence-corrected chi connectivity index (χ0v) is 18.8. The predicted molar refractivity (Wildman–Crippen MR) is 125 cm³/mol. The number of anilines is 2. The van der Waals surface area contributed by atoms with Crippen molar-refractivity contribution in [2.45, 2.75) is 12.7 Å². The van der Waals surface area contributed by atoms with Crippen LogP contribution in [0.2, 0.25) is 0 Å². The number of nitrogens with one attached hydrogen (secondary N) is 1. The summed E-state index contributed by atoms with van der Waals surface area (Å²) in [6.45, 7) is 2.21. The average molecular weight is 424 g/mol. The molecule has 0 heterocycles. The van der Waals surface area contributed by atoms with Crippen molar-refractivity contribution in [2.75, 3.05) is 38.0 Å². The van der Waals surface area contributed by atoms with E-state index in [4.69, 9.17) is 9.26 Å². The average Bonchev–Trinajstić information content (AvgIpc) is 2.78. The van der Waals surface area contributed by atoms with Crippen LogP contribution in [0.4, 0.5) is 11.4 Å². The molecule has 0 saturated heterocycles. The van der Waals surface area contributed by atoms with Crippen molar-refractivity contribution in [2.24, 2.45) is 0 Å². The molecule has 0 saturated carbocycles. The van der Waals surface area contributed by atoms with Crippen LogP contribution in [-0.4, -0.2) is 27.8 Å². The molecule has 3 aromatic rings. The van der Waals surface area contributed by atoms with Gasteiger partial charge in [0.2, 0.25) is 0 Å². The number of hydrogen-bond donors (Lipinski definition) is 1. The summed E-state index contributed by atoms with van der Waals surface area (Å²) in [6, 6.07) is 25.1. The summed E-state index contributed by atoms with van der Waals surface area (Å²) in [6.07, 6.45) is 0. The summed E-state index contributed by atoms with van der Waals surface area (Å²) in [7, 11) is 2.28. The zero-order valence-electron chi connectivity index (χ0n) is 17.9. The number of para-hydroxylation sites is 1. The lowest BCUT2D eigenvalue weighted by Gasteiger charge is -2.30. The van der Waals surface area contributed by atoms with Gasteiger partial charge in [0, 0.05) is 30.8 Å². The van der Waals surface area contributed by atoms with Crippen LogP contribution < -0.4 is 20.3 Å². The monoisotopic (exact) mass is 424 g/mol. The van der Waals surface area contributed by atoms with Gasteiger partial charge in [-0.3, -0.25) is 4.57 Å². The fraction of sp³-hybridized carbons (Fsp3) is 0.250. The van der Waals surface area contributed by atoms with Crippen molar-refractivity contribution in [1.29, 1.82) is 0 Å². The summed E-state index contributed by atoms with van der Waals surface area (Å²) in [5, 5.41) is 4.13. The topological polar surface area (TPSA) is 50.8 Å². The van der Waals surface area contributed by atoms with E-state index in [2.05, 4.69) is 5.32 Å². The first-order chi connectivity index (χ1) is 14.5. The van der Waals surface area contributed by atoms with E-state index in [1.165, 1.54) is 0 Å². The van der Waals surface area contributed by atoms with Crippen molar-refractivity contribution in [3.63, 3.8) is 0 Å². The number of hydrogen-bond acceptors (Lipinski definition) is 5. The van der Waals surface area contributed by atoms with Gasteiger partial charge in [-0.05, 0) is 61.0 Å². The van der Waals surface area contributed by atoms with E-state index in [1.807, 2.05) is 105 Å². The SMILES string of the molecule is CCO[P@](=O)(c1ccc(N(C)C)cc1)[C@H](Nc1ccccc1)c1ccc(OC)cc1. The maximum atomic E-state index is 14.4. The molecule has 0 aliphatic carbocycles. The third-order valence-electron chi connectivity index (χ3n) is 4.90. The molecule has 0 aliphatic heterocycles. The Morgan fingerprint density at radius 2 is 1.57 bits per heavy atom. The molecule has 3 rings (SSSR count). The summed E-state index contributed by atoms with van der Waals surface area (Å²) >= 11 is 0. The minimum atomic E-state index is -3.31. The van der Waals surface area contributed by atoms with E-state index in [1.54, 1.807) is 7.11 Å². The first-order valence-corrected chi connectivity index (χ1v) is 11.6. The van der Waals surface area contributed by atoms with Gasteiger partial charge in [0.25, 0.3) is 7.37 Å². The van der Waals surface area contributed by atoms with Crippen molar-refractivity contribution in [3.8, 4) is 5.75 Å². The van der Waals surface area contributed by atoms with Crippen LogP contribution in [0.5, 0.6) is 5.75 Å². The quantitative estimate of drug-likeness (QED) is 0.459. The fourth-order valence-corrected chi connectivity index (χ4v) is 5.72. The Morgan fingerprint density at radius 1 is 0.933 bits per heavy atom. The molecule has 0 fully saturated rings. The molecular weight excluding hydrogens is 395 g/mol. The highest BCUT2D eigenvalue weighted by molar-refractivity contribution is 7.67. The van der Waals surface area contributed by atoms with Crippen LogP contribution in [0.25, 0.3) is 0 Å². The van der Waals surface area contributed by atoms with Crippen molar-refractivity contribution >= 4 is 24.0 Å². The summed E-state index contributed by atoms with van der Waals surface area (Å²) in [5.74, 6) is 0.203. The molecule has 0 amide bonds. The van der Waals surface area contributed by atoms with Crippen LogP contribution in [0, 0.1) is 0 Å². The van der Waals surface area contributed by atoms with Gasteiger partial charge in [0.1, 0.15) is 11.5 Å². The lowest BCUT2D eigenvalue weighted by molar-refractivity contribution is 0.335. The van der Waals surface area contributed by atoms with Gasteiger partial charge < -0.3 is 19.5 Å². The van der Waals surface area contributed by atoms with E-state index >= 15 is 0 Å². The lowest BCUT2D eigenvalue weighted by atomic mass is 10.2. The standard InChI is InChI=1S/C24H29N2O3P/c1-5-29-30(27,23-17-13-21(14-18-23)26(2)3)24(25-20-9-7-6-8-10-20)19-11-15-22(28-4)16-12-19/h6-18,24-25H,5H2,1-4H3/t24-,30+/m0/s1. The summed E-state index contributed by atoms with van der Waals surface area (Å²) in [5.41, 5.74) is 2.79. The molecule has 0 aromatic heterocycles. The van der Waals surface area contributed by atoms with Gasteiger partial charge in [-0.25, -0.2) is 0 Å². The number of benzene rings is 3. The highest BCUT2D eigenvalue weighted by Crippen LogP contribution is 2.59. The second kappa shape index (κ2) is 9.84. The van der Waals surface area contributed by atoms with Gasteiger partial charge in [-0.1, -0.05) is 30.3 Å². The Hall–Kier alpha value is -2.75. The number of nitrogens with zero attached hydrogens (tertiary/aromatic N) is 1. The van der Waals surface area contributed by atoms with E-state index in [0.717, 1.165) is 22.7 Å². The molecular formula is C24H29N2O3P. The van der Waals surface area contributed by atoms with Crippen molar-refractivity contribution in [3.05, 3.63) is 84.4 Å². The molecule has 0 unspecified atom stereocenters. The van der Waals surface area contributed by atoms with E-state index < -0.39 is 13.2 Å². The molecule has 0 spiro atoms. The van der Waals surface area contributed by atoms with E-state index in [9.17, 15) is 4.57 Å². The van der Waals surface area contributed by atoms with Crippen molar-refractivity contribution in [1.82, 2.24) is 0 Å². The Labute approximate surface area is 179 Å². The van der Waals surface area contributed by atoms with E-state index in [0.29, 0.717) is 11.9 Å². The highest BCUT2D eigenvalue weighted by atomic mass is 31.2. The molecule has 30 heavy (non-hydrogen) atoms. The Bertz CT molecular complexity index is 974. The van der Waals surface area contributed by atoms with Gasteiger partial charge in [0.05, 0.1) is 13.7 Å². The van der Waals surface area contributed by atoms with Gasteiger partial charge in [-0.15, -0.1) is 0 Å². The van der Waals surface area contributed by atoms with Gasteiger partial charge in [-0.2, -0.15) is 0 Å². The van der Waals surface area contributed by atoms with E-state index in [-0.39, 0.29) is 0 Å². The molecule has 5 nitrogen and oxygen atoms in total. The second-order valence-corrected chi connectivity index (χ2v) is 9.60. The first kappa shape index (κ1) is 21.9. The molecule has 2 atom stereocenters. The van der Waals surface area contributed by atoms with Crippen LogP contribution >= 0.6 is 7.37 Å². The molecule has 3 aromatic carbocycles. The number of ether oxygens (including phenoxy) is 1.